The number of rotatable bonds is 7. The Balaban J connectivity index is 1.67. The molecule has 10 heteroatoms. The molecular formula is C20H22N4O5S. The number of sulfonamides is 1. The number of hydrogen-bond acceptors (Lipinski definition) is 7. The molecule has 9 nitrogen and oxygen atoms in total. The average Bonchev–Trinajstić information content (AvgIpc) is 3.16. The summed E-state index contributed by atoms with van der Waals surface area (Å²) in [5.74, 6) is 0.617. The Morgan fingerprint density at radius 1 is 1.13 bits per heavy atom. The van der Waals surface area contributed by atoms with Crippen molar-refractivity contribution in [3.05, 3.63) is 53.6 Å². The van der Waals surface area contributed by atoms with Gasteiger partial charge in [0.1, 0.15) is 5.75 Å². The number of aryl methyl sites for hydroxylation is 1. The SMILES string of the molecule is COc1ccc(CC(=O)Nc2nnc(-c3ccc(S(=O)(=O)N(C)C)cc3)o2)cc1C. The van der Waals surface area contributed by atoms with Crippen molar-refractivity contribution in [2.24, 2.45) is 0 Å². The molecule has 3 rings (SSSR count). The minimum atomic E-state index is -3.52. The summed E-state index contributed by atoms with van der Waals surface area (Å²) in [7, 11) is 0.995. The number of methoxy groups -OCH3 is 1. The predicted molar refractivity (Wildman–Crippen MR) is 111 cm³/mol. The topological polar surface area (TPSA) is 115 Å². The van der Waals surface area contributed by atoms with E-state index >= 15 is 0 Å². The molecule has 1 heterocycles. The van der Waals surface area contributed by atoms with E-state index in [0.717, 1.165) is 21.2 Å². The van der Waals surface area contributed by atoms with E-state index in [1.165, 1.54) is 26.2 Å². The number of benzene rings is 2. The maximum Gasteiger partial charge on any atom is 0.322 e. The molecule has 1 N–H and O–H groups in total. The molecule has 2 aromatic carbocycles. The Morgan fingerprint density at radius 3 is 2.43 bits per heavy atom. The number of nitrogens with one attached hydrogen (secondary N) is 1. The number of anilines is 1. The third-order valence-corrected chi connectivity index (χ3v) is 6.20. The molecular weight excluding hydrogens is 408 g/mol. The number of carbonyl (C=O) groups excluding carboxylic acids is 1. The lowest BCUT2D eigenvalue weighted by molar-refractivity contribution is -0.115. The Labute approximate surface area is 174 Å². The molecule has 0 unspecified atom stereocenters. The van der Waals surface area contributed by atoms with Gasteiger partial charge in [0.05, 0.1) is 18.4 Å². The van der Waals surface area contributed by atoms with Crippen LogP contribution < -0.4 is 10.1 Å². The minimum Gasteiger partial charge on any atom is -0.496 e. The lowest BCUT2D eigenvalue weighted by Crippen LogP contribution is -2.22. The summed E-state index contributed by atoms with van der Waals surface area (Å²) in [6, 6.07) is 11.5. The van der Waals surface area contributed by atoms with Crippen molar-refractivity contribution >= 4 is 21.9 Å². The lowest BCUT2D eigenvalue weighted by atomic mass is 10.1. The van der Waals surface area contributed by atoms with E-state index in [1.807, 2.05) is 25.1 Å². The van der Waals surface area contributed by atoms with Crippen molar-refractivity contribution < 1.29 is 22.4 Å². The predicted octanol–water partition coefficient (Wildman–Crippen LogP) is 2.49. The number of aromatic nitrogens is 2. The number of amides is 1. The van der Waals surface area contributed by atoms with E-state index in [2.05, 4.69) is 15.5 Å². The fourth-order valence-corrected chi connectivity index (χ4v) is 3.67. The van der Waals surface area contributed by atoms with Gasteiger partial charge >= 0.3 is 6.01 Å². The van der Waals surface area contributed by atoms with Gasteiger partial charge in [0.25, 0.3) is 0 Å². The fourth-order valence-electron chi connectivity index (χ4n) is 2.77. The summed E-state index contributed by atoms with van der Waals surface area (Å²) in [4.78, 5) is 12.4. The van der Waals surface area contributed by atoms with Crippen molar-refractivity contribution in [3.8, 4) is 17.2 Å². The Kier molecular flexibility index (Phi) is 6.18. The molecule has 0 saturated heterocycles. The Hall–Kier alpha value is -3.24. The quantitative estimate of drug-likeness (QED) is 0.612. The number of carbonyl (C=O) groups is 1. The van der Waals surface area contributed by atoms with Gasteiger partial charge in [-0.15, -0.1) is 5.10 Å². The highest BCUT2D eigenvalue weighted by atomic mass is 32.2. The second kappa shape index (κ2) is 8.64. The summed E-state index contributed by atoms with van der Waals surface area (Å²) >= 11 is 0. The van der Waals surface area contributed by atoms with E-state index in [0.29, 0.717) is 5.56 Å². The summed E-state index contributed by atoms with van der Waals surface area (Å²) in [6.45, 7) is 1.90. The zero-order chi connectivity index (χ0) is 21.9. The van der Waals surface area contributed by atoms with Crippen LogP contribution in [0.1, 0.15) is 11.1 Å². The highest BCUT2D eigenvalue weighted by Crippen LogP contribution is 2.23. The van der Waals surface area contributed by atoms with Crippen LogP contribution in [0.3, 0.4) is 0 Å². The number of nitrogens with zero attached hydrogens (tertiary/aromatic N) is 3. The van der Waals surface area contributed by atoms with Crippen molar-refractivity contribution in [2.75, 3.05) is 26.5 Å². The van der Waals surface area contributed by atoms with Gasteiger partial charge in [0, 0.05) is 19.7 Å². The first kappa shape index (κ1) is 21.5. The minimum absolute atomic E-state index is 0.0368. The summed E-state index contributed by atoms with van der Waals surface area (Å²) in [5, 5.41) is 10.3. The van der Waals surface area contributed by atoms with Gasteiger partial charge in [-0.2, -0.15) is 0 Å². The van der Waals surface area contributed by atoms with E-state index < -0.39 is 10.0 Å². The van der Waals surface area contributed by atoms with Gasteiger partial charge in [-0.05, 0) is 48.4 Å². The fraction of sp³-hybridized carbons (Fsp3) is 0.250. The Morgan fingerprint density at radius 2 is 1.83 bits per heavy atom. The van der Waals surface area contributed by atoms with E-state index in [4.69, 9.17) is 9.15 Å². The smallest absolute Gasteiger partial charge is 0.322 e. The van der Waals surface area contributed by atoms with Crippen LogP contribution in [0.2, 0.25) is 0 Å². The number of ether oxygens (including phenoxy) is 1. The highest BCUT2D eigenvalue weighted by Gasteiger charge is 2.18. The third kappa shape index (κ3) is 4.66. The Bertz CT molecular complexity index is 1150. The lowest BCUT2D eigenvalue weighted by Gasteiger charge is -2.11. The van der Waals surface area contributed by atoms with Crippen LogP contribution in [0, 0.1) is 6.92 Å². The van der Waals surface area contributed by atoms with Crippen molar-refractivity contribution in [1.82, 2.24) is 14.5 Å². The molecule has 0 saturated carbocycles. The maximum absolute atomic E-state index is 12.3. The maximum atomic E-state index is 12.3. The largest absolute Gasteiger partial charge is 0.496 e. The molecule has 0 atom stereocenters. The van der Waals surface area contributed by atoms with E-state index in [9.17, 15) is 13.2 Å². The van der Waals surface area contributed by atoms with Crippen LogP contribution in [0.4, 0.5) is 6.01 Å². The second-order valence-corrected chi connectivity index (χ2v) is 8.90. The standard InChI is InChI=1S/C20H22N4O5S/c1-13-11-14(5-10-17(13)28-4)12-18(25)21-20-23-22-19(29-20)15-6-8-16(9-7-15)30(26,27)24(2)3/h5-11H,12H2,1-4H3,(H,21,23,25). The summed E-state index contributed by atoms with van der Waals surface area (Å²) in [5.41, 5.74) is 2.29. The second-order valence-electron chi connectivity index (χ2n) is 6.75. The molecule has 0 radical (unpaired) electrons. The molecule has 30 heavy (non-hydrogen) atoms. The normalized spacial score (nSPS) is 11.5. The molecule has 0 fully saturated rings. The van der Waals surface area contributed by atoms with Crippen LogP contribution in [0.25, 0.3) is 11.5 Å². The number of hydrogen-bond donors (Lipinski definition) is 1. The van der Waals surface area contributed by atoms with Gasteiger partial charge in [0.15, 0.2) is 0 Å². The molecule has 0 spiro atoms. The van der Waals surface area contributed by atoms with Crippen LogP contribution in [-0.4, -0.2) is 50.0 Å². The van der Waals surface area contributed by atoms with Crippen molar-refractivity contribution in [3.63, 3.8) is 0 Å². The monoisotopic (exact) mass is 430 g/mol. The first-order chi connectivity index (χ1) is 14.2. The van der Waals surface area contributed by atoms with Gasteiger partial charge in [0.2, 0.25) is 21.8 Å². The van der Waals surface area contributed by atoms with Crippen LogP contribution in [0.5, 0.6) is 5.75 Å². The van der Waals surface area contributed by atoms with Gasteiger partial charge in [-0.3, -0.25) is 10.1 Å². The summed E-state index contributed by atoms with van der Waals surface area (Å²) < 4.78 is 36.1. The molecule has 0 bridgehead atoms. The first-order valence-corrected chi connectivity index (χ1v) is 10.4. The van der Waals surface area contributed by atoms with E-state index in [1.54, 1.807) is 19.2 Å². The van der Waals surface area contributed by atoms with Gasteiger partial charge in [-0.25, -0.2) is 12.7 Å². The molecule has 3 aromatic rings. The molecule has 1 aromatic heterocycles. The van der Waals surface area contributed by atoms with Gasteiger partial charge in [-0.1, -0.05) is 17.2 Å². The molecule has 0 aliphatic carbocycles. The van der Waals surface area contributed by atoms with Crippen LogP contribution in [-0.2, 0) is 21.2 Å². The van der Waals surface area contributed by atoms with Crippen molar-refractivity contribution in [1.29, 1.82) is 0 Å². The van der Waals surface area contributed by atoms with Crippen molar-refractivity contribution in [2.45, 2.75) is 18.2 Å². The van der Waals surface area contributed by atoms with Crippen LogP contribution in [0.15, 0.2) is 51.8 Å². The van der Waals surface area contributed by atoms with E-state index in [-0.39, 0.29) is 29.1 Å². The summed E-state index contributed by atoms with van der Waals surface area (Å²) in [6.07, 6.45) is 0.139. The third-order valence-electron chi connectivity index (χ3n) is 4.38. The zero-order valence-corrected chi connectivity index (χ0v) is 17.9. The zero-order valence-electron chi connectivity index (χ0n) is 17.0. The van der Waals surface area contributed by atoms with Crippen LogP contribution >= 0.6 is 0 Å². The molecule has 0 aliphatic rings. The highest BCUT2D eigenvalue weighted by molar-refractivity contribution is 7.89. The molecule has 158 valence electrons. The average molecular weight is 430 g/mol. The van der Waals surface area contributed by atoms with Gasteiger partial charge < -0.3 is 9.15 Å². The molecule has 1 amide bonds. The first-order valence-electron chi connectivity index (χ1n) is 9.00. The molecule has 0 aliphatic heterocycles.